The molecule has 0 aliphatic rings. The standard InChI is InChI=1S/C17H17ClO3/c1-11-7-16(20-2)17(21-3)10-14(11)15(19)9-12-5-4-6-13(18)8-12/h4-8,10H,9H2,1-3H3. The van der Waals surface area contributed by atoms with Gasteiger partial charge in [0.05, 0.1) is 14.2 Å². The van der Waals surface area contributed by atoms with E-state index in [1.54, 1.807) is 32.4 Å². The molecule has 2 aromatic carbocycles. The van der Waals surface area contributed by atoms with Gasteiger partial charge in [-0.05, 0) is 42.3 Å². The van der Waals surface area contributed by atoms with Crippen LogP contribution in [0.15, 0.2) is 36.4 Å². The van der Waals surface area contributed by atoms with Gasteiger partial charge >= 0.3 is 0 Å². The second-order valence-corrected chi connectivity index (χ2v) is 5.19. The Kier molecular flexibility index (Phi) is 4.86. The topological polar surface area (TPSA) is 35.5 Å². The fraction of sp³-hybridized carbons (Fsp3) is 0.235. The van der Waals surface area contributed by atoms with E-state index in [4.69, 9.17) is 21.1 Å². The Balaban J connectivity index is 2.31. The average Bonchev–Trinajstić information content (AvgIpc) is 2.46. The maximum absolute atomic E-state index is 12.5. The number of hydrogen-bond donors (Lipinski definition) is 0. The molecular weight excluding hydrogens is 288 g/mol. The van der Waals surface area contributed by atoms with Gasteiger partial charge in [0.15, 0.2) is 17.3 Å². The van der Waals surface area contributed by atoms with Crippen molar-refractivity contribution in [2.45, 2.75) is 13.3 Å². The molecule has 0 aliphatic carbocycles. The molecule has 0 N–H and O–H groups in total. The minimum Gasteiger partial charge on any atom is -0.493 e. The molecule has 0 saturated carbocycles. The Morgan fingerprint density at radius 3 is 2.38 bits per heavy atom. The van der Waals surface area contributed by atoms with Crippen molar-refractivity contribution in [1.82, 2.24) is 0 Å². The first-order chi connectivity index (χ1) is 10.0. The van der Waals surface area contributed by atoms with Crippen molar-refractivity contribution in [2.75, 3.05) is 14.2 Å². The third-order valence-corrected chi connectivity index (χ3v) is 3.52. The van der Waals surface area contributed by atoms with Crippen LogP contribution in [0.1, 0.15) is 21.5 Å². The lowest BCUT2D eigenvalue weighted by molar-refractivity contribution is 0.0992. The summed E-state index contributed by atoms with van der Waals surface area (Å²) < 4.78 is 10.5. The van der Waals surface area contributed by atoms with E-state index >= 15 is 0 Å². The number of benzene rings is 2. The summed E-state index contributed by atoms with van der Waals surface area (Å²) in [5.41, 5.74) is 2.38. The van der Waals surface area contributed by atoms with Gasteiger partial charge in [-0.25, -0.2) is 0 Å². The summed E-state index contributed by atoms with van der Waals surface area (Å²) in [6.45, 7) is 1.88. The van der Waals surface area contributed by atoms with E-state index in [0.29, 0.717) is 28.5 Å². The molecule has 0 saturated heterocycles. The van der Waals surface area contributed by atoms with E-state index in [0.717, 1.165) is 11.1 Å². The van der Waals surface area contributed by atoms with Crippen molar-refractivity contribution >= 4 is 17.4 Å². The van der Waals surface area contributed by atoms with Crippen LogP contribution < -0.4 is 9.47 Å². The van der Waals surface area contributed by atoms with Crippen molar-refractivity contribution in [3.8, 4) is 11.5 Å². The Morgan fingerprint density at radius 1 is 1.10 bits per heavy atom. The number of carbonyl (C=O) groups is 1. The van der Waals surface area contributed by atoms with Gasteiger partial charge in [0.2, 0.25) is 0 Å². The zero-order valence-electron chi connectivity index (χ0n) is 12.3. The van der Waals surface area contributed by atoms with Crippen LogP contribution in [0.2, 0.25) is 5.02 Å². The fourth-order valence-corrected chi connectivity index (χ4v) is 2.42. The van der Waals surface area contributed by atoms with Crippen LogP contribution in [0.5, 0.6) is 11.5 Å². The minimum atomic E-state index is 0.0238. The van der Waals surface area contributed by atoms with E-state index in [-0.39, 0.29) is 5.78 Å². The van der Waals surface area contributed by atoms with Gasteiger partial charge in [-0.3, -0.25) is 4.79 Å². The molecule has 0 heterocycles. The van der Waals surface area contributed by atoms with E-state index in [2.05, 4.69) is 0 Å². The third-order valence-electron chi connectivity index (χ3n) is 3.28. The number of ketones is 1. The molecule has 0 bridgehead atoms. The number of rotatable bonds is 5. The van der Waals surface area contributed by atoms with Gasteiger partial charge in [-0.1, -0.05) is 23.7 Å². The van der Waals surface area contributed by atoms with E-state index in [1.165, 1.54) is 0 Å². The van der Waals surface area contributed by atoms with E-state index < -0.39 is 0 Å². The Bertz CT molecular complexity index is 665. The minimum absolute atomic E-state index is 0.0238. The van der Waals surface area contributed by atoms with Crippen molar-refractivity contribution in [3.63, 3.8) is 0 Å². The Hall–Kier alpha value is -2.00. The Morgan fingerprint density at radius 2 is 1.76 bits per heavy atom. The molecule has 2 rings (SSSR count). The van der Waals surface area contributed by atoms with Crippen LogP contribution in [0, 0.1) is 6.92 Å². The molecule has 0 spiro atoms. The van der Waals surface area contributed by atoms with Gasteiger partial charge in [0, 0.05) is 17.0 Å². The first-order valence-corrected chi connectivity index (χ1v) is 6.93. The zero-order chi connectivity index (χ0) is 15.4. The predicted octanol–water partition coefficient (Wildman–Crippen LogP) is 4.09. The number of hydrogen-bond acceptors (Lipinski definition) is 3. The lowest BCUT2D eigenvalue weighted by atomic mass is 9.98. The number of ether oxygens (including phenoxy) is 2. The van der Waals surface area contributed by atoms with Gasteiger partial charge < -0.3 is 9.47 Å². The third kappa shape index (κ3) is 3.56. The molecule has 2 aromatic rings. The molecule has 21 heavy (non-hydrogen) atoms. The molecule has 0 aliphatic heterocycles. The maximum Gasteiger partial charge on any atom is 0.167 e. The van der Waals surface area contributed by atoms with Crippen LogP contribution >= 0.6 is 11.6 Å². The van der Waals surface area contributed by atoms with Crippen LogP contribution in [-0.2, 0) is 6.42 Å². The molecule has 0 fully saturated rings. The molecule has 0 unspecified atom stereocenters. The highest BCUT2D eigenvalue weighted by Gasteiger charge is 2.15. The highest BCUT2D eigenvalue weighted by atomic mass is 35.5. The Labute approximate surface area is 129 Å². The SMILES string of the molecule is COc1cc(C)c(C(=O)Cc2cccc(Cl)c2)cc1OC. The average molecular weight is 305 g/mol. The van der Waals surface area contributed by atoms with Crippen molar-refractivity contribution in [3.05, 3.63) is 58.1 Å². The number of methoxy groups -OCH3 is 2. The molecule has 0 atom stereocenters. The molecule has 0 amide bonds. The number of aryl methyl sites for hydroxylation is 1. The molecular formula is C17H17ClO3. The summed E-state index contributed by atoms with van der Waals surface area (Å²) in [4.78, 5) is 12.5. The van der Waals surface area contributed by atoms with Crippen LogP contribution in [0.25, 0.3) is 0 Å². The van der Waals surface area contributed by atoms with Crippen molar-refractivity contribution in [2.24, 2.45) is 0 Å². The summed E-state index contributed by atoms with van der Waals surface area (Å²) in [7, 11) is 3.13. The lowest BCUT2D eigenvalue weighted by Crippen LogP contribution is -2.07. The monoisotopic (exact) mass is 304 g/mol. The van der Waals surface area contributed by atoms with Crippen LogP contribution in [0.3, 0.4) is 0 Å². The van der Waals surface area contributed by atoms with Crippen LogP contribution in [0.4, 0.5) is 0 Å². The highest BCUT2D eigenvalue weighted by Crippen LogP contribution is 2.30. The number of carbonyl (C=O) groups excluding carboxylic acids is 1. The molecule has 3 nitrogen and oxygen atoms in total. The fourth-order valence-electron chi connectivity index (χ4n) is 2.21. The smallest absolute Gasteiger partial charge is 0.167 e. The summed E-state index contributed by atoms with van der Waals surface area (Å²) in [6.07, 6.45) is 0.302. The molecule has 110 valence electrons. The number of Topliss-reactive ketones (excluding diaryl/α,β-unsaturated/α-hetero) is 1. The first kappa shape index (κ1) is 15.4. The quantitative estimate of drug-likeness (QED) is 0.780. The van der Waals surface area contributed by atoms with Crippen molar-refractivity contribution < 1.29 is 14.3 Å². The van der Waals surface area contributed by atoms with E-state index in [1.807, 2.05) is 25.1 Å². The zero-order valence-corrected chi connectivity index (χ0v) is 13.0. The van der Waals surface area contributed by atoms with Gasteiger partial charge in [0.25, 0.3) is 0 Å². The lowest BCUT2D eigenvalue weighted by Gasteiger charge is -2.12. The van der Waals surface area contributed by atoms with Crippen LogP contribution in [-0.4, -0.2) is 20.0 Å². The number of halogens is 1. The highest BCUT2D eigenvalue weighted by molar-refractivity contribution is 6.30. The van der Waals surface area contributed by atoms with Gasteiger partial charge in [-0.15, -0.1) is 0 Å². The first-order valence-electron chi connectivity index (χ1n) is 6.55. The largest absolute Gasteiger partial charge is 0.493 e. The second kappa shape index (κ2) is 6.64. The molecule has 0 radical (unpaired) electrons. The van der Waals surface area contributed by atoms with Crippen molar-refractivity contribution in [1.29, 1.82) is 0 Å². The normalized spacial score (nSPS) is 10.3. The second-order valence-electron chi connectivity index (χ2n) is 4.75. The summed E-state index contributed by atoms with van der Waals surface area (Å²) >= 11 is 5.94. The summed E-state index contributed by atoms with van der Waals surface area (Å²) in [6, 6.07) is 10.9. The van der Waals surface area contributed by atoms with Gasteiger partial charge in [0.1, 0.15) is 0 Å². The molecule has 4 heteroatoms. The summed E-state index contributed by atoms with van der Waals surface area (Å²) in [5.74, 6) is 1.20. The summed E-state index contributed by atoms with van der Waals surface area (Å²) in [5, 5.41) is 0.629. The predicted molar refractivity (Wildman–Crippen MR) is 83.8 cm³/mol. The molecule has 0 aromatic heterocycles. The van der Waals surface area contributed by atoms with Gasteiger partial charge in [-0.2, -0.15) is 0 Å². The van der Waals surface area contributed by atoms with E-state index in [9.17, 15) is 4.79 Å². The maximum atomic E-state index is 12.5.